The zero-order chi connectivity index (χ0) is 13.7. The van der Waals surface area contributed by atoms with Crippen LogP contribution in [0.5, 0.6) is 0 Å². The molecule has 0 saturated carbocycles. The van der Waals surface area contributed by atoms with E-state index in [1.807, 2.05) is 0 Å². The summed E-state index contributed by atoms with van der Waals surface area (Å²) in [4.78, 5) is 0. The summed E-state index contributed by atoms with van der Waals surface area (Å²) in [6.07, 6.45) is 4.87. The molecule has 3 atom stereocenters. The first-order valence-corrected chi connectivity index (χ1v) is 8.02. The Labute approximate surface area is 118 Å². The van der Waals surface area contributed by atoms with Crippen molar-refractivity contribution in [2.24, 2.45) is 17.8 Å². The van der Waals surface area contributed by atoms with E-state index in [2.05, 4.69) is 26.1 Å². The van der Waals surface area contributed by atoms with Crippen molar-refractivity contribution in [3.63, 3.8) is 0 Å². The van der Waals surface area contributed by atoms with Crippen molar-refractivity contribution in [2.45, 2.75) is 52.1 Å². The molecule has 0 aromatic rings. The third kappa shape index (κ3) is 4.73. The molecule has 0 radical (unpaired) electrons. The number of nitrogens with one attached hydrogen (secondary N) is 1. The summed E-state index contributed by atoms with van der Waals surface area (Å²) < 4.78 is 11.6. The lowest BCUT2D eigenvalue weighted by atomic mass is 9.81. The number of ether oxygens (including phenoxy) is 2. The molecule has 2 saturated heterocycles. The Bertz CT molecular complexity index is 261. The van der Waals surface area contributed by atoms with Crippen LogP contribution in [0.15, 0.2) is 0 Å². The normalized spacial score (nSPS) is 33.2. The highest BCUT2D eigenvalue weighted by molar-refractivity contribution is 4.90. The Morgan fingerprint density at radius 3 is 2.74 bits per heavy atom. The Hall–Kier alpha value is -0.120. The van der Waals surface area contributed by atoms with E-state index in [4.69, 9.17) is 9.47 Å². The van der Waals surface area contributed by atoms with Crippen molar-refractivity contribution in [1.82, 2.24) is 5.32 Å². The Kier molecular flexibility index (Phi) is 5.67. The second kappa shape index (κ2) is 7.05. The second-order valence-electron chi connectivity index (χ2n) is 7.09. The van der Waals surface area contributed by atoms with Crippen molar-refractivity contribution in [3.05, 3.63) is 0 Å². The van der Waals surface area contributed by atoms with E-state index in [1.165, 1.54) is 19.3 Å². The van der Waals surface area contributed by atoms with Crippen LogP contribution in [0.3, 0.4) is 0 Å². The second-order valence-corrected chi connectivity index (χ2v) is 7.09. The minimum Gasteiger partial charge on any atom is -0.378 e. The van der Waals surface area contributed by atoms with E-state index in [9.17, 15) is 0 Å². The maximum atomic E-state index is 6.01. The van der Waals surface area contributed by atoms with Crippen LogP contribution < -0.4 is 5.32 Å². The third-order valence-corrected chi connectivity index (χ3v) is 4.44. The molecular formula is C16H31NO2. The maximum absolute atomic E-state index is 6.01. The lowest BCUT2D eigenvalue weighted by molar-refractivity contribution is -0.100. The Balaban J connectivity index is 1.69. The van der Waals surface area contributed by atoms with Gasteiger partial charge in [-0.2, -0.15) is 0 Å². The molecule has 112 valence electrons. The van der Waals surface area contributed by atoms with Gasteiger partial charge in [-0.3, -0.25) is 0 Å². The van der Waals surface area contributed by atoms with Crippen molar-refractivity contribution >= 4 is 0 Å². The largest absolute Gasteiger partial charge is 0.378 e. The SMILES string of the molecule is CC(C)CNCC(C)CC1CCOC2(CCOC2)C1. The van der Waals surface area contributed by atoms with Gasteiger partial charge in [0, 0.05) is 19.6 Å². The summed E-state index contributed by atoms with van der Waals surface area (Å²) in [5.41, 5.74) is 0.0774. The predicted octanol–water partition coefficient (Wildman–Crippen LogP) is 2.84. The predicted molar refractivity (Wildman–Crippen MR) is 78.3 cm³/mol. The van der Waals surface area contributed by atoms with Crippen LogP contribution in [-0.2, 0) is 9.47 Å². The van der Waals surface area contributed by atoms with Crippen molar-refractivity contribution in [1.29, 1.82) is 0 Å². The van der Waals surface area contributed by atoms with E-state index in [0.29, 0.717) is 0 Å². The van der Waals surface area contributed by atoms with Crippen LogP contribution in [0.4, 0.5) is 0 Å². The Morgan fingerprint density at radius 2 is 2.05 bits per heavy atom. The monoisotopic (exact) mass is 269 g/mol. The molecule has 0 bridgehead atoms. The Morgan fingerprint density at radius 1 is 1.21 bits per heavy atom. The van der Waals surface area contributed by atoms with Gasteiger partial charge in [-0.05, 0) is 50.1 Å². The summed E-state index contributed by atoms with van der Waals surface area (Å²) in [7, 11) is 0. The average Bonchev–Trinajstić information content (AvgIpc) is 2.76. The van der Waals surface area contributed by atoms with Gasteiger partial charge in [0.1, 0.15) is 0 Å². The van der Waals surface area contributed by atoms with Gasteiger partial charge in [0.05, 0.1) is 12.2 Å². The van der Waals surface area contributed by atoms with Gasteiger partial charge in [-0.1, -0.05) is 20.8 Å². The molecule has 2 heterocycles. The van der Waals surface area contributed by atoms with Crippen molar-refractivity contribution in [3.8, 4) is 0 Å². The molecule has 19 heavy (non-hydrogen) atoms. The van der Waals surface area contributed by atoms with E-state index < -0.39 is 0 Å². The van der Waals surface area contributed by atoms with Crippen molar-refractivity contribution < 1.29 is 9.47 Å². The fourth-order valence-electron chi connectivity index (χ4n) is 3.46. The molecule has 2 rings (SSSR count). The minimum atomic E-state index is 0.0774. The number of rotatable bonds is 6. The van der Waals surface area contributed by atoms with Gasteiger partial charge in [0.2, 0.25) is 0 Å². The van der Waals surface area contributed by atoms with Gasteiger partial charge in [0.15, 0.2) is 0 Å². The zero-order valence-electron chi connectivity index (χ0n) is 12.9. The molecule has 3 heteroatoms. The molecule has 0 amide bonds. The molecule has 3 unspecified atom stereocenters. The number of hydrogen-bond acceptors (Lipinski definition) is 3. The fourth-order valence-corrected chi connectivity index (χ4v) is 3.46. The minimum absolute atomic E-state index is 0.0774. The molecule has 0 aromatic carbocycles. The third-order valence-electron chi connectivity index (χ3n) is 4.44. The zero-order valence-corrected chi connectivity index (χ0v) is 12.9. The molecular weight excluding hydrogens is 238 g/mol. The summed E-state index contributed by atoms with van der Waals surface area (Å²) >= 11 is 0. The van der Waals surface area contributed by atoms with Gasteiger partial charge in [0.25, 0.3) is 0 Å². The summed E-state index contributed by atoms with van der Waals surface area (Å²) in [5, 5.41) is 3.58. The van der Waals surface area contributed by atoms with E-state index in [0.717, 1.165) is 57.1 Å². The van der Waals surface area contributed by atoms with Crippen LogP contribution in [0, 0.1) is 17.8 Å². The van der Waals surface area contributed by atoms with Gasteiger partial charge in [-0.25, -0.2) is 0 Å². The highest BCUT2D eigenvalue weighted by atomic mass is 16.6. The molecule has 0 aromatic heterocycles. The molecule has 1 N–H and O–H groups in total. The van der Waals surface area contributed by atoms with Gasteiger partial charge in [-0.15, -0.1) is 0 Å². The van der Waals surface area contributed by atoms with Crippen molar-refractivity contribution in [2.75, 3.05) is 32.9 Å². The summed E-state index contributed by atoms with van der Waals surface area (Å²) in [6, 6.07) is 0. The summed E-state index contributed by atoms with van der Waals surface area (Å²) in [5.74, 6) is 2.33. The average molecular weight is 269 g/mol. The van der Waals surface area contributed by atoms with Crippen LogP contribution in [0.1, 0.15) is 46.5 Å². The highest BCUT2D eigenvalue weighted by Gasteiger charge is 2.40. The van der Waals surface area contributed by atoms with E-state index >= 15 is 0 Å². The van der Waals surface area contributed by atoms with E-state index in [-0.39, 0.29) is 5.60 Å². The topological polar surface area (TPSA) is 30.5 Å². The first-order chi connectivity index (χ1) is 9.10. The lowest BCUT2D eigenvalue weighted by Gasteiger charge is -2.38. The smallest absolute Gasteiger partial charge is 0.0939 e. The standard InChI is InChI=1S/C16H31NO2/c1-13(2)10-17-11-14(3)8-15-4-6-19-16(9-15)5-7-18-12-16/h13-15,17H,4-12H2,1-3H3. The molecule has 1 spiro atoms. The molecule has 2 aliphatic rings. The molecule has 3 nitrogen and oxygen atoms in total. The van der Waals surface area contributed by atoms with Crippen LogP contribution in [0.2, 0.25) is 0 Å². The first-order valence-electron chi connectivity index (χ1n) is 8.02. The van der Waals surface area contributed by atoms with Crippen LogP contribution in [-0.4, -0.2) is 38.5 Å². The van der Waals surface area contributed by atoms with Crippen LogP contribution >= 0.6 is 0 Å². The molecule has 2 aliphatic heterocycles. The van der Waals surface area contributed by atoms with Crippen LogP contribution in [0.25, 0.3) is 0 Å². The quantitative estimate of drug-likeness (QED) is 0.804. The van der Waals surface area contributed by atoms with Gasteiger partial charge >= 0.3 is 0 Å². The van der Waals surface area contributed by atoms with E-state index in [1.54, 1.807) is 0 Å². The maximum Gasteiger partial charge on any atom is 0.0939 e. The highest BCUT2D eigenvalue weighted by Crippen LogP contribution is 2.38. The number of hydrogen-bond donors (Lipinski definition) is 1. The first kappa shape index (κ1) is 15.3. The fraction of sp³-hybridized carbons (Fsp3) is 1.00. The lowest BCUT2D eigenvalue weighted by Crippen LogP contribution is -2.41. The molecule has 0 aliphatic carbocycles. The van der Waals surface area contributed by atoms with Gasteiger partial charge < -0.3 is 14.8 Å². The molecule has 2 fully saturated rings. The summed E-state index contributed by atoms with van der Waals surface area (Å²) in [6.45, 7) is 11.8.